The van der Waals surface area contributed by atoms with Gasteiger partial charge in [0.1, 0.15) is 11.3 Å². The van der Waals surface area contributed by atoms with Gasteiger partial charge in [0.2, 0.25) is 0 Å². The highest BCUT2D eigenvalue weighted by Gasteiger charge is 2.15. The first-order chi connectivity index (χ1) is 12.0. The van der Waals surface area contributed by atoms with E-state index in [2.05, 4.69) is 4.98 Å². The molecule has 2 heterocycles. The fourth-order valence-electron chi connectivity index (χ4n) is 2.93. The van der Waals surface area contributed by atoms with Crippen LogP contribution in [0.15, 0.2) is 58.0 Å². The number of aromatic nitrogens is 2. The van der Waals surface area contributed by atoms with Gasteiger partial charge in [-0.3, -0.25) is 14.9 Å². The number of fused-ring (bicyclic) bond motifs is 2. The molecule has 0 amide bonds. The summed E-state index contributed by atoms with van der Waals surface area (Å²) in [7, 11) is 0. The third-order valence-corrected chi connectivity index (χ3v) is 4.24. The smallest absolute Gasteiger partial charge is 0.271 e. The van der Waals surface area contributed by atoms with Crippen LogP contribution in [0.3, 0.4) is 0 Å². The molecule has 4 aromatic rings. The second kappa shape index (κ2) is 5.55. The number of rotatable bonds is 3. The molecule has 0 radical (unpaired) electrons. The van der Waals surface area contributed by atoms with Gasteiger partial charge in [0.05, 0.1) is 39.8 Å². The van der Waals surface area contributed by atoms with Gasteiger partial charge in [0.15, 0.2) is 5.43 Å². The molecule has 124 valence electrons. The SMILES string of the molecule is Cc1oc2ccccc2c(=O)c1Cn1cnc2ccc([N+](=O)[O-])cc21. The Morgan fingerprint density at radius 2 is 2.04 bits per heavy atom. The minimum atomic E-state index is -0.452. The van der Waals surface area contributed by atoms with Crippen LogP contribution in [-0.2, 0) is 6.54 Å². The van der Waals surface area contributed by atoms with E-state index in [1.807, 2.05) is 6.07 Å². The van der Waals surface area contributed by atoms with Crippen molar-refractivity contribution >= 4 is 27.7 Å². The Balaban J connectivity index is 1.87. The zero-order valence-corrected chi connectivity index (χ0v) is 13.3. The lowest BCUT2D eigenvalue weighted by Crippen LogP contribution is -2.14. The van der Waals surface area contributed by atoms with Gasteiger partial charge in [-0.05, 0) is 25.1 Å². The fourth-order valence-corrected chi connectivity index (χ4v) is 2.93. The van der Waals surface area contributed by atoms with E-state index in [1.165, 1.54) is 12.1 Å². The van der Waals surface area contributed by atoms with Crippen molar-refractivity contribution in [2.75, 3.05) is 0 Å². The maximum atomic E-state index is 12.8. The Bertz CT molecular complexity index is 1190. The molecule has 7 heteroatoms. The molecule has 2 aromatic carbocycles. The van der Waals surface area contributed by atoms with Gasteiger partial charge in [-0.25, -0.2) is 4.98 Å². The first kappa shape index (κ1) is 15.1. The Morgan fingerprint density at radius 3 is 2.84 bits per heavy atom. The van der Waals surface area contributed by atoms with Crippen molar-refractivity contribution in [1.82, 2.24) is 9.55 Å². The standard InChI is InChI=1S/C18H13N3O4/c1-11-14(18(22)13-4-2-3-5-17(13)25-11)9-20-10-19-15-7-6-12(21(23)24)8-16(15)20/h2-8,10H,9H2,1H3. The Kier molecular flexibility index (Phi) is 3.35. The monoisotopic (exact) mass is 335 g/mol. The summed E-state index contributed by atoms with van der Waals surface area (Å²) in [4.78, 5) is 27.6. The Labute approximate surface area is 141 Å². The Hall–Kier alpha value is -3.48. The predicted octanol–water partition coefficient (Wildman–Crippen LogP) is 3.41. The lowest BCUT2D eigenvalue weighted by Gasteiger charge is -2.08. The van der Waals surface area contributed by atoms with Crippen LogP contribution in [0.4, 0.5) is 5.69 Å². The van der Waals surface area contributed by atoms with Gasteiger partial charge >= 0.3 is 0 Å². The molecule has 0 saturated heterocycles. The second-order valence-corrected chi connectivity index (χ2v) is 5.76. The van der Waals surface area contributed by atoms with Crippen molar-refractivity contribution in [3.05, 3.63) is 80.5 Å². The third-order valence-electron chi connectivity index (χ3n) is 4.24. The molecule has 0 spiro atoms. The molecule has 25 heavy (non-hydrogen) atoms. The van der Waals surface area contributed by atoms with Crippen molar-refractivity contribution < 1.29 is 9.34 Å². The lowest BCUT2D eigenvalue weighted by atomic mass is 10.1. The number of para-hydroxylation sites is 1. The van der Waals surface area contributed by atoms with Crippen LogP contribution in [-0.4, -0.2) is 14.5 Å². The Morgan fingerprint density at radius 1 is 1.24 bits per heavy atom. The van der Waals surface area contributed by atoms with Gasteiger partial charge in [0, 0.05) is 12.1 Å². The van der Waals surface area contributed by atoms with Crippen LogP contribution in [0, 0.1) is 17.0 Å². The number of nitro benzene ring substituents is 1. The first-order valence-corrected chi connectivity index (χ1v) is 7.65. The molecule has 0 aliphatic heterocycles. The van der Waals surface area contributed by atoms with Crippen LogP contribution in [0.5, 0.6) is 0 Å². The van der Waals surface area contributed by atoms with E-state index in [4.69, 9.17) is 4.42 Å². The molecule has 0 aliphatic rings. The molecule has 4 rings (SSSR count). The van der Waals surface area contributed by atoms with E-state index < -0.39 is 4.92 Å². The van der Waals surface area contributed by atoms with Crippen molar-refractivity contribution in [3.8, 4) is 0 Å². The maximum absolute atomic E-state index is 12.8. The number of hydrogen-bond acceptors (Lipinski definition) is 5. The second-order valence-electron chi connectivity index (χ2n) is 5.76. The van der Waals surface area contributed by atoms with Crippen molar-refractivity contribution in [2.45, 2.75) is 13.5 Å². The zero-order valence-electron chi connectivity index (χ0n) is 13.3. The van der Waals surface area contributed by atoms with Crippen LogP contribution in [0.1, 0.15) is 11.3 Å². The van der Waals surface area contributed by atoms with E-state index in [0.29, 0.717) is 33.3 Å². The van der Waals surface area contributed by atoms with Crippen LogP contribution in [0.2, 0.25) is 0 Å². The quantitative estimate of drug-likeness (QED) is 0.423. The third kappa shape index (κ3) is 2.46. The molecule has 0 aliphatic carbocycles. The van der Waals surface area contributed by atoms with Gasteiger partial charge in [-0.2, -0.15) is 0 Å². The molecule has 0 atom stereocenters. The topological polar surface area (TPSA) is 91.2 Å². The molecule has 7 nitrogen and oxygen atoms in total. The largest absolute Gasteiger partial charge is 0.461 e. The molecule has 0 bridgehead atoms. The van der Waals surface area contributed by atoms with E-state index in [-0.39, 0.29) is 17.7 Å². The van der Waals surface area contributed by atoms with Crippen LogP contribution >= 0.6 is 0 Å². The summed E-state index contributed by atoms with van der Waals surface area (Å²) in [6, 6.07) is 11.5. The minimum Gasteiger partial charge on any atom is -0.461 e. The summed E-state index contributed by atoms with van der Waals surface area (Å²) in [5, 5.41) is 11.5. The maximum Gasteiger partial charge on any atom is 0.271 e. The van der Waals surface area contributed by atoms with E-state index in [0.717, 1.165) is 0 Å². The fraction of sp³-hybridized carbons (Fsp3) is 0.111. The summed E-state index contributed by atoms with van der Waals surface area (Å²) >= 11 is 0. The van der Waals surface area contributed by atoms with E-state index in [1.54, 1.807) is 42.1 Å². The number of nitro groups is 1. The van der Waals surface area contributed by atoms with Crippen LogP contribution < -0.4 is 5.43 Å². The minimum absolute atomic E-state index is 0.0171. The first-order valence-electron chi connectivity index (χ1n) is 7.65. The van der Waals surface area contributed by atoms with Crippen molar-refractivity contribution in [1.29, 1.82) is 0 Å². The lowest BCUT2D eigenvalue weighted by molar-refractivity contribution is -0.384. The van der Waals surface area contributed by atoms with Gasteiger partial charge < -0.3 is 8.98 Å². The highest BCUT2D eigenvalue weighted by molar-refractivity contribution is 5.79. The summed E-state index contributed by atoms with van der Waals surface area (Å²) in [5.41, 5.74) is 2.15. The summed E-state index contributed by atoms with van der Waals surface area (Å²) in [6.45, 7) is 1.97. The van der Waals surface area contributed by atoms with Gasteiger partial charge in [0.25, 0.3) is 5.69 Å². The molecular formula is C18H13N3O4. The summed E-state index contributed by atoms with van der Waals surface area (Å²) < 4.78 is 7.47. The number of imidazole rings is 1. The highest BCUT2D eigenvalue weighted by Crippen LogP contribution is 2.22. The van der Waals surface area contributed by atoms with Crippen molar-refractivity contribution in [3.63, 3.8) is 0 Å². The van der Waals surface area contributed by atoms with E-state index >= 15 is 0 Å². The normalized spacial score (nSPS) is 11.2. The summed E-state index contributed by atoms with van der Waals surface area (Å²) in [5.74, 6) is 0.524. The number of aryl methyl sites for hydroxylation is 1. The molecular weight excluding hydrogens is 322 g/mol. The van der Waals surface area contributed by atoms with Gasteiger partial charge in [-0.15, -0.1) is 0 Å². The molecule has 0 saturated carbocycles. The number of non-ortho nitro benzene ring substituents is 1. The number of nitrogens with zero attached hydrogens (tertiary/aromatic N) is 3. The van der Waals surface area contributed by atoms with Gasteiger partial charge in [-0.1, -0.05) is 12.1 Å². The average Bonchev–Trinajstić information content (AvgIpc) is 3.00. The highest BCUT2D eigenvalue weighted by atomic mass is 16.6. The van der Waals surface area contributed by atoms with Crippen LogP contribution in [0.25, 0.3) is 22.0 Å². The molecule has 2 aromatic heterocycles. The molecule has 0 fully saturated rings. The number of hydrogen-bond donors (Lipinski definition) is 0. The molecule has 0 N–H and O–H groups in total. The predicted molar refractivity (Wildman–Crippen MR) is 92.7 cm³/mol. The zero-order chi connectivity index (χ0) is 17.6. The molecule has 0 unspecified atom stereocenters. The number of benzene rings is 2. The average molecular weight is 335 g/mol. The summed E-state index contributed by atoms with van der Waals surface area (Å²) in [6.07, 6.45) is 1.57. The van der Waals surface area contributed by atoms with E-state index in [9.17, 15) is 14.9 Å². The van der Waals surface area contributed by atoms with Crippen molar-refractivity contribution in [2.24, 2.45) is 0 Å².